The number of hydrogen-bond acceptors (Lipinski definition) is 2. The third kappa shape index (κ3) is 2.35. The minimum Gasteiger partial charge on any atom is -0.383 e. The van der Waals surface area contributed by atoms with Crippen molar-refractivity contribution < 1.29 is 0 Å². The number of aryl methyl sites for hydroxylation is 2. The molecule has 0 bridgehead atoms. The van der Waals surface area contributed by atoms with Crippen LogP contribution in [0.2, 0.25) is 0 Å². The van der Waals surface area contributed by atoms with Crippen molar-refractivity contribution in [2.24, 2.45) is 12.5 Å². The van der Waals surface area contributed by atoms with Crippen molar-refractivity contribution in [1.29, 1.82) is 0 Å². The molecule has 1 fully saturated rings. The minimum atomic E-state index is 0.305. The zero-order chi connectivity index (χ0) is 15.2. The molecule has 1 aromatic carbocycles. The molecule has 0 amide bonds. The van der Waals surface area contributed by atoms with Crippen molar-refractivity contribution in [3.05, 3.63) is 35.5 Å². The number of hydrogen-bond donors (Lipinski definition) is 1. The second-order valence-electron chi connectivity index (χ2n) is 7.07. The lowest BCUT2D eigenvalue weighted by Crippen LogP contribution is -2.16. The predicted molar refractivity (Wildman–Crippen MR) is 88.2 cm³/mol. The Kier molecular flexibility index (Phi) is 3.31. The van der Waals surface area contributed by atoms with Crippen LogP contribution in [0.5, 0.6) is 0 Å². The highest BCUT2D eigenvalue weighted by molar-refractivity contribution is 5.77. The van der Waals surface area contributed by atoms with Gasteiger partial charge in [0, 0.05) is 18.5 Å². The summed E-state index contributed by atoms with van der Waals surface area (Å²) >= 11 is 0. The first-order valence-electron chi connectivity index (χ1n) is 7.79. The summed E-state index contributed by atoms with van der Waals surface area (Å²) in [5.74, 6) is 1.27. The van der Waals surface area contributed by atoms with Gasteiger partial charge in [-0.15, -0.1) is 0 Å². The molecule has 0 radical (unpaired) electrons. The number of rotatable bonds is 2. The summed E-state index contributed by atoms with van der Waals surface area (Å²) < 4.78 is 1.83. The summed E-state index contributed by atoms with van der Waals surface area (Å²) in [5, 5.41) is 4.79. The molecule has 1 aliphatic rings. The van der Waals surface area contributed by atoms with Crippen LogP contribution < -0.4 is 5.73 Å². The van der Waals surface area contributed by atoms with Crippen LogP contribution in [0.25, 0.3) is 11.1 Å². The van der Waals surface area contributed by atoms with Crippen molar-refractivity contribution in [2.45, 2.75) is 46.0 Å². The van der Waals surface area contributed by atoms with Gasteiger partial charge in [-0.25, -0.2) is 0 Å². The van der Waals surface area contributed by atoms with Gasteiger partial charge >= 0.3 is 0 Å². The van der Waals surface area contributed by atoms with E-state index in [4.69, 9.17) is 10.8 Å². The first kappa shape index (κ1) is 14.2. The van der Waals surface area contributed by atoms with Gasteiger partial charge in [-0.05, 0) is 30.7 Å². The van der Waals surface area contributed by atoms with Gasteiger partial charge in [0.2, 0.25) is 0 Å². The third-order valence-corrected chi connectivity index (χ3v) is 5.01. The van der Waals surface area contributed by atoms with E-state index in [9.17, 15) is 0 Å². The fourth-order valence-corrected chi connectivity index (χ4v) is 3.73. The van der Waals surface area contributed by atoms with Crippen LogP contribution >= 0.6 is 0 Å². The Hall–Kier alpha value is -1.77. The topological polar surface area (TPSA) is 43.8 Å². The molecule has 3 heteroatoms. The molecular formula is C18H25N3. The third-order valence-electron chi connectivity index (χ3n) is 5.01. The van der Waals surface area contributed by atoms with E-state index < -0.39 is 0 Å². The molecule has 1 heterocycles. The lowest BCUT2D eigenvalue weighted by molar-refractivity contribution is 0.326. The van der Waals surface area contributed by atoms with E-state index in [0.29, 0.717) is 11.3 Å². The summed E-state index contributed by atoms with van der Waals surface area (Å²) in [6, 6.07) is 8.57. The van der Waals surface area contributed by atoms with Crippen molar-refractivity contribution in [2.75, 3.05) is 5.73 Å². The second kappa shape index (κ2) is 4.90. The van der Waals surface area contributed by atoms with Crippen molar-refractivity contribution >= 4 is 5.82 Å². The molecule has 2 N–H and O–H groups in total. The van der Waals surface area contributed by atoms with Crippen LogP contribution in [0.3, 0.4) is 0 Å². The predicted octanol–water partition coefficient (Wildman–Crippen LogP) is 4.27. The molecule has 2 aromatic rings. The number of nitrogen functional groups attached to an aromatic ring is 1. The Morgan fingerprint density at radius 2 is 2.10 bits per heavy atom. The molecule has 1 atom stereocenters. The molecule has 3 nitrogen and oxygen atoms in total. The zero-order valence-corrected chi connectivity index (χ0v) is 13.5. The Morgan fingerprint density at radius 1 is 1.33 bits per heavy atom. The van der Waals surface area contributed by atoms with Crippen molar-refractivity contribution in [3.63, 3.8) is 0 Å². The quantitative estimate of drug-likeness (QED) is 0.894. The maximum Gasteiger partial charge on any atom is 0.129 e. The van der Waals surface area contributed by atoms with Gasteiger partial charge in [-0.1, -0.05) is 50.1 Å². The molecule has 3 rings (SSSR count). The molecule has 1 aliphatic carbocycles. The van der Waals surface area contributed by atoms with Gasteiger partial charge in [0.25, 0.3) is 0 Å². The number of anilines is 1. The average Bonchev–Trinajstić information content (AvgIpc) is 2.90. The van der Waals surface area contributed by atoms with Gasteiger partial charge in [0.1, 0.15) is 5.82 Å². The zero-order valence-electron chi connectivity index (χ0n) is 13.5. The molecule has 1 unspecified atom stereocenters. The molecule has 0 aliphatic heterocycles. The van der Waals surface area contributed by atoms with E-state index in [1.54, 1.807) is 0 Å². The van der Waals surface area contributed by atoms with Gasteiger partial charge in [0.05, 0.1) is 5.69 Å². The lowest BCUT2D eigenvalue weighted by atomic mass is 9.78. The highest BCUT2D eigenvalue weighted by Gasteiger charge is 2.39. The Labute approximate surface area is 127 Å². The average molecular weight is 283 g/mol. The monoisotopic (exact) mass is 283 g/mol. The van der Waals surface area contributed by atoms with Crippen LogP contribution in [-0.2, 0) is 7.05 Å². The smallest absolute Gasteiger partial charge is 0.129 e. The molecule has 0 saturated heterocycles. The van der Waals surface area contributed by atoms with Crippen molar-refractivity contribution in [1.82, 2.24) is 9.78 Å². The van der Waals surface area contributed by atoms with Crippen LogP contribution in [0.15, 0.2) is 24.3 Å². The number of nitrogens with zero attached hydrogens (tertiary/aromatic N) is 2. The Morgan fingerprint density at radius 3 is 2.71 bits per heavy atom. The molecule has 1 aromatic heterocycles. The van der Waals surface area contributed by atoms with Crippen LogP contribution in [-0.4, -0.2) is 9.78 Å². The Bertz CT molecular complexity index is 667. The summed E-state index contributed by atoms with van der Waals surface area (Å²) in [4.78, 5) is 0. The molecule has 112 valence electrons. The van der Waals surface area contributed by atoms with Gasteiger partial charge in [-0.3, -0.25) is 4.68 Å². The maximum absolute atomic E-state index is 6.34. The summed E-state index contributed by atoms with van der Waals surface area (Å²) in [6.07, 6.45) is 3.76. The number of benzene rings is 1. The number of nitrogens with two attached hydrogens (primary N) is 1. The highest BCUT2D eigenvalue weighted by atomic mass is 15.3. The normalized spacial score (nSPS) is 20.9. The molecule has 1 saturated carbocycles. The highest BCUT2D eigenvalue weighted by Crippen LogP contribution is 2.51. The maximum atomic E-state index is 6.34. The second-order valence-corrected chi connectivity index (χ2v) is 7.07. The van der Waals surface area contributed by atoms with E-state index in [1.807, 2.05) is 11.7 Å². The van der Waals surface area contributed by atoms with E-state index >= 15 is 0 Å². The van der Waals surface area contributed by atoms with E-state index in [0.717, 1.165) is 11.4 Å². The van der Waals surface area contributed by atoms with E-state index in [2.05, 4.69) is 45.0 Å². The minimum absolute atomic E-state index is 0.305. The summed E-state index contributed by atoms with van der Waals surface area (Å²) in [6.45, 7) is 6.83. The van der Waals surface area contributed by atoms with Gasteiger partial charge in [0.15, 0.2) is 0 Å². The largest absolute Gasteiger partial charge is 0.383 e. The lowest BCUT2D eigenvalue weighted by Gasteiger charge is -2.26. The summed E-state index contributed by atoms with van der Waals surface area (Å²) in [7, 11) is 1.94. The van der Waals surface area contributed by atoms with Crippen LogP contribution in [0.1, 0.15) is 50.3 Å². The van der Waals surface area contributed by atoms with Crippen LogP contribution in [0, 0.1) is 12.3 Å². The Balaban J connectivity index is 2.17. The molecule has 0 spiro atoms. The standard InChI is InChI=1S/C18H25N3/c1-12-7-5-8-13(11-12)15-16(20-21(4)17(15)19)14-9-6-10-18(14,2)3/h5,7-8,11,14H,6,9-10,19H2,1-4H3. The fraction of sp³-hybridized carbons (Fsp3) is 0.500. The number of aromatic nitrogens is 2. The van der Waals surface area contributed by atoms with Gasteiger partial charge in [-0.2, -0.15) is 5.10 Å². The fourth-order valence-electron chi connectivity index (χ4n) is 3.73. The molecular weight excluding hydrogens is 258 g/mol. The first-order chi connectivity index (χ1) is 9.90. The van der Waals surface area contributed by atoms with E-state index in [-0.39, 0.29) is 0 Å². The van der Waals surface area contributed by atoms with Crippen LogP contribution in [0.4, 0.5) is 5.82 Å². The summed E-state index contributed by atoms with van der Waals surface area (Å²) in [5.41, 5.74) is 11.4. The SMILES string of the molecule is Cc1cccc(-c2c(C3CCCC3(C)C)nn(C)c2N)c1. The van der Waals surface area contributed by atoms with Gasteiger partial charge < -0.3 is 5.73 Å². The van der Waals surface area contributed by atoms with E-state index in [1.165, 1.54) is 36.1 Å². The first-order valence-corrected chi connectivity index (χ1v) is 7.79. The van der Waals surface area contributed by atoms with Crippen molar-refractivity contribution in [3.8, 4) is 11.1 Å². The molecule has 21 heavy (non-hydrogen) atoms.